The number of benzene rings is 1. The van der Waals surface area contributed by atoms with Gasteiger partial charge in [0.2, 0.25) is 0 Å². The van der Waals surface area contributed by atoms with E-state index in [1.54, 1.807) is 0 Å². The Bertz CT molecular complexity index is 621. The molecule has 0 saturated heterocycles. The molecule has 0 bridgehead atoms. The Hall–Kier alpha value is -1.54. The smallest absolute Gasteiger partial charge is 0.138 e. The molecule has 1 aromatic heterocycles. The zero-order valence-corrected chi connectivity index (χ0v) is 12.1. The molecule has 2 nitrogen and oxygen atoms in total. The van der Waals surface area contributed by atoms with Gasteiger partial charge in [0.25, 0.3) is 0 Å². The molecule has 0 saturated carbocycles. The van der Waals surface area contributed by atoms with E-state index < -0.39 is 6.10 Å². The second-order valence-electron chi connectivity index (χ2n) is 5.82. The highest BCUT2D eigenvalue weighted by Gasteiger charge is 2.18. The molecule has 0 amide bonds. The average molecular weight is 270 g/mol. The van der Waals surface area contributed by atoms with Crippen LogP contribution in [0.3, 0.4) is 0 Å². The predicted molar refractivity (Wildman–Crippen MR) is 81.7 cm³/mol. The molecule has 1 heterocycles. The van der Waals surface area contributed by atoms with Gasteiger partial charge in [0.1, 0.15) is 17.4 Å². The molecule has 1 aromatic carbocycles. The fourth-order valence-electron chi connectivity index (χ4n) is 2.97. The van der Waals surface area contributed by atoms with Gasteiger partial charge in [-0.15, -0.1) is 0 Å². The molecule has 2 aromatic rings. The van der Waals surface area contributed by atoms with Gasteiger partial charge in [-0.25, -0.2) is 0 Å². The fraction of sp³-hybridized carbons (Fsp3) is 0.444. The van der Waals surface area contributed by atoms with Crippen molar-refractivity contribution in [2.24, 2.45) is 0 Å². The molecule has 0 fully saturated rings. The van der Waals surface area contributed by atoms with Crippen molar-refractivity contribution in [3.05, 3.63) is 47.2 Å². The van der Waals surface area contributed by atoms with Crippen LogP contribution in [0.4, 0.5) is 0 Å². The van der Waals surface area contributed by atoms with Crippen LogP contribution in [-0.2, 0) is 0 Å². The summed E-state index contributed by atoms with van der Waals surface area (Å²) in [7, 11) is 0. The van der Waals surface area contributed by atoms with E-state index in [9.17, 15) is 5.11 Å². The van der Waals surface area contributed by atoms with E-state index in [1.807, 2.05) is 18.2 Å². The number of aryl methyl sites for hydroxylation is 1. The molecule has 2 heteroatoms. The number of hydrogen-bond acceptors (Lipinski definition) is 2. The van der Waals surface area contributed by atoms with Crippen molar-refractivity contribution in [3.8, 4) is 0 Å². The second-order valence-corrected chi connectivity index (χ2v) is 5.82. The van der Waals surface area contributed by atoms with Crippen molar-refractivity contribution in [1.82, 2.24) is 0 Å². The summed E-state index contributed by atoms with van der Waals surface area (Å²) in [6.45, 7) is 2.07. The zero-order valence-electron chi connectivity index (χ0n) is 12.1. The normalized spacial score (nSPS) is 21.0. The molecule has 106 valence electrons. The summed E-state index contributed by atoms with van der Waals surface area (Å²) in [5, 5.41) is 11.6. The van der Waals surface area contributed by atoms with Gasteiger partial charge in [-0.1, -0.05) is 30.5 Å². The van der Waals surface area contributed by atoms with Gasteiger partial charge in [0.15, 0.2) is 0 Å². The van der Waals surface area contributed by atoms with E-state index in [0.717, 1.165) is 29.4 Å². The Kier molecular flexibility index (Phi) is 3.93. The van der Waals surface area contributed by atoms with Crippen LogP contribution in [0.15, 0.2) is 40.3 Å². The lowest BCUT2D eigenvalue weighted by Crippen LogP contribution is -2.02. The third kappa shape index (κ3) is 2.80. The summed E-state index contributed by atoms with van der Waals surface area (Å²) in [6.07, 6.45) is 8.66. The van der Waals surface area contributed by atoms with Crippen LogP contribution in [-0.4, -0.2) is 5.11 Å². The van der Waals surface area contributed by atoms with Crippen molar-refractivity contribution in [2.75, 3.05) is 0 Å². The van der Waals surface area contributed by atoms with E-state index in [0.29, 0.717) is 5.76 Å². The minimum atomic E-state index is -0.583. The van der Waals surface area contributed by atoms with Crippen LogP contribution >= 0.6 is 0 Å². The highest BCUT2D eigenvalue weighted by atomic mass is 16.4. The Labute approximate surface area is 120 Å². The maximum absolute atomic E-state index is 10.6. The molecule has 1 unspecified atom stereocenters. The minimum Gasteiger partial charge on any atom is -0.458 e. The van der Waals surface area contributed by atoms with Gasteiger partial charge in [0.05, 0.1) is 0 Å². The molecule has 0 spiro atoms. The Balaban J connectivity index is 1.88. The Morgan fingerprint density at radius 1 is 1.10 bits per heavy atom. The first kappa shape index (κ1) is 13.4. The first-order valence-electron chi connectivity index (χ1n) is 7.61. The monoisotopic (exact) mass is 270 g/mol. The summed E-state index contributed by atoms with van der Waals surface area (Å²) in [4.78, 5) is 0. The molecule has 1 atom stereocenters. The standard InChI is InChI=1S/C18H22O2/c1-13-9-10-16-15(11-13)12-17(20-16)18(19)14-7-5-3-2-4-6-8-14/h7,9-12,18-19H,2-6,8H2,1H3/b14-7+. The highest BCUT2D eigenvalue weighted by Crippen LogP contribution is 2.32. The molecule has 1 N–H and O–H groups in total. The number of fused-ring (bicyclic) bond motifs is 1. The van der Waals surface area contributed by atoms with Gasteiger partial charge in [0, 0.05) is 5.39 Å². The van der Waals surface area contributed by atoms with Gasteiger partial charge in [-0.05, 0) is 56.4 Å². The Morgan fingerprint density at radius 3 is 2.85 bits per heavy atom. The fourth-order valence-corrected chi connectivity index (χ4v) is 2.97. The van der Waals surface area contributed by atoms with Crippen molar-refractivity contribution in [3.63, 3.8) is 0 Å². The predicted octanol–water partition coefficient (Wildman–Crippen LogP) is 5.06. The SMILES string of the molecule is Cc1ccc2oc(C(O)/C3=C/CCCCCC3)cc2c1. The topological polar surface area (TPSA) is 33.4 Å². The quantitative estimate of drug-likeness (QED) is 0.774. The van der Waals surface area contributed by atoms with E-state index in [-0.39, 0.29) is 0 Å². The van der Waals surface area contributed by atoms with Crippen molar-refractivity contribution in [2.45, 2.75) is 51.6 Å². The van der Waals surface area contributed by atoms with Gasteiger partial charge in [-0.2, -0.15) is 0 Å². The zero-order chi connectivity index (χ0) is 13.9. The number of aliphatic hydroxyl groups excluding tert-OH is 1. The molecule has 1 aliphatic carbocycles. The van der Waals surface area contributed by atoms with Crippen molar-refractivity contribution < 1.29 is 9.52 Å². The third-order valence-corrected chi connectivity index (χ3v) is 4.14. The number of aliphatic hydroxyl groups is 1. The second kappa shape index (κ2) is 5.84. The van der Waals surface area contributed by atoms with Crippen LogP contribution in [0, 0.1) is 6.92 Å². The van der Waals surface area contributed by atoms with Crippen LogP contribution in [0.2, 0.25) is 0 Å². The average Bonchev–Trinajstić information content (AvgIpc) is 2.80. The molecule has 0 radical (unpaired) electrons. The maximum atomic E-state index is 10.6. The van der Waals surface area contributed by atoms with Gasteiger partial charge < -0.3 is 9.52 Å². The van der Waals surface area contributed by atoms with Crippen LogP contribution < -0.4 is 0 Å². The van der Waals surface area contributed by atoms with Crippen molar-refractivity contribution >= 4 is 11.0 Å². The van der Waals surface area contributed by atoms with Crippen molar-refractivity contribution in [1.29, 1.82) is 0 Å². The van der Waals surface area contributed by atoms with E-state index in [4.69, 9.17) is 4.42 Å². The number of allylic oxidation sites excluding steroid dienone is 1. The minimum absolute atomic E-state index is 0.583. The van der Waals surface area contributed by atoms with Crippen LogP contribution in [0.5, 0.6) is 0 Å². The lowest BCUT2D eigenvalue weighted by molar-refractivity contribution is 0.182. The number of furan rings is 1. The first-order valence-corrected chi connectivity index (χ1v) is 7.61. The lowest BCUT2D eigenvalue weighted by Gasteiger charge is -2.15. The summed E-state index contributed by atoms with van der Waals surface area (Å²) >= 11 is 0. The summed E-state index contributed by atoms with van der Waals surface area (Å²) in [6, 6.07) is 8.10. The largest absolute Gasteiger partial charge is 0.458 e. The summed E-state index contributed by atoms with van der Waals surface area (Å²) in [5.41, 5.74) is 3.20. The van der Waals surface area contributed by atoms with Gasteiger partial charge >= 0.3 is 0 Å². The van der Waals surface area contributed by atoms with E-state index in [2.05, 4.69) is 19.1 Å². The maximum Gasteiger partial charge on any atom is 0.138 e. The summed E-state index contributed by atoms with van der Waals surface area (Å²) in [5.74, 6) is 0.678. The molecular formula is C18H22O2. The lowest BCUT2D eigenvalue weighted by atomic mass is 9.95. The van der Waals surface area contributed by atoms with E-state index >= 15 is 0 Å². The van der Waals surface area contributed by atoms with Gasteiger partial charge in [-0.3, -0.25) is 0 Å². The van der Waals surface area contributed by atoms with E-state index in [1.165, 1.54) is 31.2 Å². The Morgan fingerprint density at radius 2 is 1.95 bits per heavy atom. The molecule has 1 aliphatic rings. The third-order valence-electron chi connectivity index (χ3n) is 4.14. The highest BCUT2D eigenvalue weighted by molar-refractivity contribution is 5.78. The molecular weight excluding hydrogens is 248 g/mol. The molecule has 3 rings (SSSR count). The molecule has 20 heavy (non-hydrogen) atoms. The molecule has 0 aliphatic heterocycles. The summed E-state index contributed by atoms with van der Waals surface area (Å²) < 4.78 is 5.82. The number of rotatable bonds is 2. The first-order chi connectivity index (χ1) is 9.74. The van der Waals surface area contributed by atoms with Crippen LogP contribution in [0.1, 0.15) is 56.0 Å². The van der Waals surface area contributed by atoms with Crippen LogP contribution in [0.25, 0.3) is 11.0 Å². The number of hydrogen-bond donors (Lipinski definition) is 1.